The van der Waals surface area contributed by atoms with Crippen LogP contribution in [0.3, 0.4) is 0 Å². The van der Waals surface area contributed by atoms with Crippen molar-refractivity contribution in [2.24, 2.45) is 23.7 Å². The predicted molar refractivity (Wildman–Crippen MR) is 132 cm³/mol. The van der Waals surface area contributed by atoms with Crippen LogP contribution in [0.2, 0.25) is 0 Å². The van der Waals surface area contributed by atoms with E-state index in [-0.39, 0.29) is 29.6 Å². The zero-order valence-corrected chi connectivity index (χ0v) is 23.0. The van der Waals surface area contributed by atoms with Gasteiger partial charge >= 0.3 is 16.3 Å². The molecule has 11 heteroatoms. The molecule has 2 heterocycles. The van der Waals surface area contributed by atoms with Crippen LogP contribution in [0.25, 0.3) is 0 Å². The molecule has 1 aromatic rings. The van der Waals surface area contributed by atoms with E-state index in [0.29, 0.717) is 18.6 Å². The van der Waals surface area contributed by atoms with E-state index in [0.717, 1.165) is 5.56 Å². The van der Waals surface area contributed by atoms with Crippen LogP contribution in [-0.4, -0.2) is 48.3 Å². The number of methoxy groups -OCH3 is 1. The summed E-state index contributed by atoms with van der Waals surface area (Å²) in [6.07, 6.45) is 0.362. The summed E-state index contributed by atoms with van der Waals surface area (Å²) < 4.78 is 42.8. The lowest BCUT2D eigenvalue weighted by molar-refractivity contribution is -0.146. The highest BCUT2D eigenvalue weighted by molar-refractivity contribution is 7.84. The molecular weight excluding hydrogens is 525 g/mol. The van der Waals surface area contributed by atoms with Crippen molar-refractivity contribution in [3.05, 3.63) is 29.8 Å². The molecule has 0 N–H and O–H groups in total. The summed E-state index contributed by atoms with van der Waals surface area (Å²) in [7, 11) is -2.79. The number of carbonyl (C=O) groups excluding carboxylic acids is 1. The van der Waals surface area contributed by atoms with Crippen LogP contribution in [-0.2, 0) is 24.0 Å². The van der Waals surface area contributed by atoms with E-state index in [1.54, 1.807) is 19.2 Å². The van der Waals surface area contributed by atoms with Crippen LogP contribution in [0, 0.1) is 23.7 Å². The Morgan fingerprint density at radius 1 is 1.09 bits per heavy atom. The van der Waals surface area contributed by atoms with Gasteiger partial charge in [0.2, 0.25) is 3.79 Å². The van der Waals surface area contributed by atoms with E-state index in [9.17, 15) is 13.2 Å². The lowest BCUT2D eigenvalue weighted by Crippen LogP contribution is -2.45. The monoisotopic (exact) mass is 555 g/mol. The number of cyclic esters (lactones) is 1. The van der Waals surface area contributed by atoms with E-state index < -0.39 is 38.9 Å². The molecule has 2 fully saturated rings. The Bertz CT molecular complexity index is 964. The highest BCUT2D eigenvalue weighted by Crippen LogP contribution is 2.50. The summed E-state index contributed by atoms with van der Waals surface area (Å²) in [6.45, 7) is 7.38. The Morgan fingerprint density at radius 2 is 1.71 bits per heavy atom. The maximum absolute atomic E-state index is 13.6. The number of hydrogen-bond donors (Lipinski definition) is 0. The summed E-state index contributed by atoms with van der Waals surface area (Å²) in [6, 6.07) is 6.11. The third-order valence-corrected chi connectivity index (χ3v) is 8.51. The first-order valence-electron chi connectivity index (χ1n) is 11.3. The Balaban J connectivity index is 2.05. The first-order valence-corrected chi connectivity index (χ1v) is 13.8. The number of benzene rings is 1. The number of carbonyl (C=O) groups is 1. The first kappa shape index (κ1) is 27.8. The van der Waals surface area contributed by atoms with Gasteiger partial charge in [-0.3, -0.25) is 8.98 Å². The van der Waals surface area contributed by atoms with Crippen molar-refractivity contribution in [1.82, 2.24) is 4.31 Å². The quantitative estimate of drug-likeness (QED) is 0.319. The molecular formula is C23H32Cl3NO6S. The summed E-state index contributed by atoms with van der Waals surface area (Å²) in [5.74, 6) is 0.249. The van der Waals surface area contributed by atoms with Crippen LogP contribution < -0.4 is 4.74 Å². The van der Waals surface area contributed by atoms with Crippen molar-refractivity contribution >= 4 is 51.1 Å². The van der Waals surface area contributed by atoms with Crippen molar-refractivity contribution in [2.75, 3.05) is 13.7 Å². The van der Waals surface area contributed by atoms with Gasteiger partial charge in [0.05, 0.1) is 25.1 Å². The topological polar surface area (TPSA) is 82.1 Å². The van der Waals surface area contributed by atoms with Crippen molar-refractivity contribution in [3.8, 4) is 5.75 Å². The van der Waals surface area contributed by atoms with Crippen molar-refractivity contribution in [2.45, 2.75) is 62.5 Å². The van der Waals surface area contributed by atoms with Crippen LogP contribution in [0.4, 0.5) is 0 Å². The molecule has 0 bridgehead atoms. The number of rotatable bonds is 8. The molecule has 0 amide bonds. The molecule has 0 radical (unpaired) electrons. The molecule has 5 atom stereocenters. The van der Waals surface area contributed by atoms with Crippen LogP contribution in [0.5, 0.6) is 5.75 Å². The second-order valence-electron chi connectivity index (χ2n) is 9.66. The summed E-state index contributed by atoms with van der Waals surface area (Å²) in [5.41, 5.74) is 0.785. The molecule has 1 aromatic carbocycles. The van der Waals surface area contributed by atoms with Gasteiger partial charge in [0.25, 0.3) is 0 Å². The smallest absolute Gasteiger partial charge is 0.339 e. The minimum absolute atomic E-state index is 0.0543. The second-order valence-corrected chi connectivity index (χ2v) is 13.7. The second kappa shape index (κ2) is 10.7. The molecule has 34 heavy (non-hydrogen) atoms. The van der Waals surface area contributed by atoms with E-state index >= 15 is 0 Å². The van der Waals surface area contributed by atoms with Gasteiger partial charge in [-0.05, 0) is 48.3 Å². The lowest BCUT2D eigenvalue weighted by atomic mass is 9.83. The molecule has 0 aromatic heterocycles. The molecule has 0 saturated carbocycles. The zero-order valence-electron chi connectivity index (χ0n) is 19.9. The molecule has 0 unspecified atom stereocenters. The predicted octanol–water partition coefficient (Wildman–Crippen LogP) is 5.30. The third-order valence-electron chi connectivity index (χ3n) is 6.75. The normalized spacial score (nSPS) is 28.6. The van der Waals surface area contributed by atoms with E-state index in [1.165, 1.54) is 4.31 Å². The first-order chi connectivity index (χ1) is 15.7. The molecule has 0 aliphatic carbocycles. The van der Waals surface area contributed by atoms with Gasteiger partial charge in [0.15, 0.2) is 0 Å². The summed E-state index contributed by atoms with van der Waals surface area (Å²) >= 11 is 17.4. The minimum Gasteiger partial charge on any atom is -0.497 e. The zero-order chi connectivity index (χ0) is 25.4. The van der Waals surface area contributed by atoms with Gasteiger partial charge in [-0.25, -0.2) is 0 Å². The van der Waals surface area contributed by atoms with Crippen molar-refractivity contribution in [3.63, 3.8) is 0 Å². The highest BCUT2D eigenvalue weighted by Gasteiger charge is 2.55. The van der Waals surface area contributed by atoms with E-state index in [4.69, 9.17) is 48.5 Å². The molecule has 2 saturated heterocycles. The number of esters is 1. The Labute approximate surface area is 217 Å². The fourth-order valence-electron chi connectivity index (χ4n) is 4.97. The van der Waals surface area contributed by atoms with Crippen molar-refractivity contribution in [1.29, 1.82) is 0 Å². The lowest BCUT2D eigenvalue weighted by Gasteiger charge is -2.33. The Kier molecular flexibility index (Phi) is 8.74. The van der Waals surface area contributed by atoms with Gasteiger partial charge < -0.3 is 9.47 Å². The standard InChI is InChI=1S/C23H32Cl3NO6S/c1-13(2)17-10-19(20-11-18(14(3)4)22(28)33-20)27(34(29,30)32-12-23(24,25)26)21(17)15-6-8-16(31-5)9-7-15/h6-9,13-14,17-21H,10-12H2,1-5H3/t17-,18-,19-,20-,21-/m0/s1. The van der Waals surface area contributed by atoms with Gasteiger partial charge in [-0.15, -0.1) is 0 Å². The van der Waals surface area contributed by atoms with Gasteiger partial charge in [0.1, 0.15) is 18.5 Å². The SMILES string of the molecule is COc1ccc([C@H]2[C@H](C(C)C)C[C@@H]([C@@H]3C[C@@H](C(C)C)C(=O)O3)N2S(=O)(=O)OCC(Cl)(Cl)Cl)cc1. The average Bonchev–Trinajstić information content (AvgIpc) is 3.33. The molecule has 192 valence electrons. The number of alkyl halides is 3. The molecule has 7 nitrogen and oxygen atoms in total. The van der Waals surface area contributed by atoms with E-state index in [1.807, 2.05) is 39.8 Å². The molecule has 2 aliphatic rings. The van der Waals surface area contributed by atoms with Crippen LogP contribution in [0.1, 0.15) is 52.1 Å². The highest BCUT2D eigenvalue weighted by atomic mass is 35.6. The minimum atomic E-state index is -4.36. The third kappa shape index (κ3) is 6.13. The molecule has 3 rings (SSSR count). The number of halogens is 3. The fourth-order valence-corrected chi connectivity index (χ4v) is 6.89. The average molecular weight is 557 g/mol. The number of ether oxygens (including phenoxy) is 2. The maximum atomic E-state index is 13.6. The fraction of sp³-hybridized carbons (Fsp3) is 0.696. The van der Waals surface area contributed by atoms with Crippen LogP contribution >= 0.6 is 34.8 Å². The maximum Gasteiger partial charge on any atom is 0.339 e. The van der Waals surface area contributed by atoms with Crippen molar-refractivity contribution < 1.29 is 26.9 Å². The summed E-state index contributed by atoms with van der Waals surface area (Å²) in [5, 5.41) is 0. The van der Waals surface area contributed by atoms with Crippen LogP contribution in [0.15, 0.2) is 24.3 Å². The van der Waals surface area contributed by atoms with Gasteiger partial charge in [0, 0.05) is 0 Å². The summed E-state index contributed by atoms with van der Waals surface area (Å²) in [4.78, 5) is 12.5. The largest absolute Gasteiger partial charge is 0.497 e. The number of nitrogens with zero attached hydrogens (tertiary/aromatic N) is 1. The Hall–Kier alpha value is -0.770. The molecule has 0 spiro atoms. The Morgan fingerprint density at radius 3 is 2.18 bits per heavy atom. The number of hydrogen-bond acceptors (Lipinski definition) is 6. The van der Waals surface area contributed by atoms with Gasteiger partial charge in [-0.2, -0.15) is 12.7 Å². The molecule has 2 aliphatic heterocycles. The van der Waals surface area contributed by atoms with E-state index in [2.05, 4.69) is 0 Å². The van der Waals surface area contributed by atoms with Gasteiger partial charge in [-0.1, -0.05) is 74.6 Å².